The summed E-state index contributed by atoms with van der Waals surface area (Å²) < 4.78 is 6.76. The van der Waals surface area contributed by atoms with Gasteiger partial charge in [-0.15, -0.1) is 0 Å². The molecule has 0 aromatic heterocycles. The fourth-order valence-electron chi connectivity index (χ4n) is 2.49. The smallest absolute Gasteiger partial charge is 0.301 e. The molecule has 0 saturated heterocycles. The first kappa shape index (κ1) is 20.9. The van der Waals surface area contributed by atoms with Crippen molar-refractivity contribution in [2.24, 2.45) is 5.10 Å². The van der Waals surface area contributed by atoms with E-state index in [2.05, 4.69) is 26.5 Å². The number of anilines is 1. The third-order valence-electron chi connectivity index (χ3n) is 3.96. The number of hydrogen-bond donors (Lipinski definition) is 1. The number of nitrogens with zero attached hydrogens (tertiary/aromatic N) is 3. The van der Waals surface area contributed by atoms with E-state index in [0.29, 0.717) is 17.9 Å². The molecule has 0 bridgehead atoms. The fourth-order valence-corrected chi connectivity index (χ4v) is 2.75. The number of ether oxygens (including phenoxy) is 1. The molecule has 0 radical (unpaired) electrons. The van der Waals surface area contributed by atoms with E-state index < -0.39 is 15.5 Å². The second kappa shape index (κ2) is 9.61. The van der Waals surface area contributed by atoms with Crippen LogP contribution in [0.25, 0.3) is 0 Å². The number of nitro groups is 2. The Bertz CT molecular complexity index is 1100. The summed E-state index contributed by atoms with van der Waals surface area (Å²) in [7, 11) is 0. The Balaban J connectivity index is 1.66. The van der Waals surface area contributed by atoms with Crippen LogP contribution in [0.15, 0.2) is 76.3 Å². The van der Waals surface area contributed by atoms with Gasteiger partial charge in [0.1, 0.15) is 18.0 Å². The Morgan fingerprint density at radius 3 is 2.47 bits per heavy atom. The Morgan fingerprint density at radius 2 is 1.77 bits per heavy atom. The standard InChI is InChI=1S/C20H15BrN4O5/c21-16-6-4-14(5-7-16)13-30-18-3-1-2-15(10-18)12-22-23-19-9-8-17(24(26)27)11-20(19)25(28)29/h1-12,23H,13H2/b22-12-. The predicted molar refractivity (Wildman–Crippen MR) is 116 cm³/mol. The Morgan fingerprint density at radius 1 is 1.00 bits per heavy atom. The summed E-state index contributed by atoms with van der Waals surface area (Å²) in [5.74, 6) is 0.642. The minimum absolute atomic E-state index is 0.0458. The zero-order valence-corrected chi connectivity index (χ0v) is 17.0. The van der Waals surface area contributed by atoms with Crippen LogP contribution in [0.2, 0.25) is 0 Å². The Kier molecular flexibility index (Phi) is 6.71. The second-order valence-corrected chi connectivity index (χ2v) is 6.99. The number of nitrogens with one attached hydrogen (secondary N) is 1. The number of hydrogen-bond acceptors (Lipinski definition) is 7. The van der Waals surface area contributed by atoms with E-state index >= 15 is 0 Å². The van der Waals surface area contributed by atoms with Crippen molar-refractivity contribution >= 4 is 39.2 Å². The van der Waals surface area contributed by atoms with Gasteiger partial charge < -0.3 is 4.74 Å². The van der Waals surface area contributed by atoms with E-state index in [-0.39, 0.29) is 11.4 Å². The third-order valence-corrected chi connectivity index (χ3v) is 4.49. The molecule has 10 heteroatoms. The number of rotatable bonds is 8. The lowest BCUT2D eigenvalue weighted by molar-refractivity contribution is -0.393. The molecule has 0 amide bonds. The van der Waals surface area contributed by atoms with E-state index in [9.17, 15) is 20.2 Å². The molecule has 0 aliphatic rings. The summed E-state index contributed by atoms with van der Waals surface area (Å²) in [6.07, 6.45) is 1.47. The van der Waals surface area contributed by atoms with Gasteiger partial charge in [-0.3, -0.25) is 25.7 Å². The molecular weight excluding hydrogens is 456 g/mol. The molecule has 30 heavy (non-hydrogen) atoms. The normalized spacial score (nSPS) is 10.7. The predicted octanol–water partition coefficient (Wildman–Crippen LogP) is 5.29. The average Bonchev–Trinajstić information content (AvgIpc) is 2.73. The molecule has 0 fully saturated rings. The summed E-state index contributed by atoms with van der Waals surface area (Å²) in [6, 6.07) is 18.2. The van der Waals surface area contributed by atoms with E-state index in [1.165, 1.54) is 18.3 Å². The van der Waals surface area contributed by atoms with Crippen molar-refractivity contribution in [1.29, 1.82) is 0 Å². The van der Waals surface area contributed by atoms with Crippen molar-refractivity contribution in [3.8, 4) is 5.75 Å². The maximum Gasteiger partial charge on any atom is 0.301 e. The number of nitro benzene ring substituents is 2. The van der Waals surface area contributed by atoms with Gasteiger partial charge in [0.2, 0.25) is 0 Å². The van der Waals surface area contributed by atoms with Gasteiger partial charge in [0.15, 0.2) is 0 Å². The molecule has 3 aromatic carbocycles. The molecule has 0 aliphatic carbocycles. The zero-order valence-electron chi connectivity index (χ0n) is 15.4. The van der Waals surface area contributed by atoms with Gasteiger partial charge >= 0.3 is 5.69 Å². The van der Waals surface area contributed by atoms with Crippen LogP contribution in [0.1, 0.15) is 11.1 Å². The van der Waals surface area contributed by atoms with Crippen LogP contribution in [-0.2, 0) is 6.61 Å². The van der Waals surface area contributed by atoms with Crippen molar-refractivity contribution in [2.45, 2.75) is 6.61 Å². The maximum atomic E-state index is 11.2. The van der Waals surface area contributed by atoms with Crippen molar-refractivity contribution in [3.63, 3.8) is 0 Å². The molecule has 0 heterocycles. The van der Waals surface area contributed by atoms with Crippen LogP contribution in [0, 0.1) is 20.2 Å². The van der Waals surface area contributed by atoms with Crippen molar-refractivity contribution < 1.29 is 14.6 Å². The van der Waals surface area contributed by atoms with E-state index in [1.807, 2.05) is 30.3 Å². The van der Waals surface area contributed by atoms with Crippen LogP contribution in [0.3, 0.4) is 0 Å². The summed E-state index contributed by atoms with van der Waals surface area (Å²) in [5.41, 5.74) is 3.52. The quantitative estimate of drug-likeness (QED) is 0.271. The largest absolute Gasteiger partial charge is 0.489 e. The molecule has 152 valence electrons. The van der Waals surface area contributed by atoms with Crippen LogP contribution >= 0.6 is 15.9 Å². The minimum Gasteiger partial charge on any atom is -0.489 e. The van der Waals surface area contributed by atoms with Gasteiger partial charge in [-0.25, -0.2) is 0 Å². The van der Waals surface area contributed by atoms with E-state index in [1.54, 1.807) is 18.2 Å². The van der Waals surface area contributed by atoms with Gasteiger partial charge in [0.05, 0.1) is 22.1 Å². The lowest BCUT2D eigenvalue weighted by atomic mass is 10.2. The van der Waals surface area contributed by atoms with E-state index in [0.717, 1.165) is 16.1 Å². The lowest BCUT2D eigenvalue weighted by Crippen LogP contribution is -1.99. The van der Waals surface area contributed by atoms with Crippen molar-refractivity contribution in [3.05, 3.63) is 103 Å². The van der Waals surface area contributed by atoms with Gasteiger partial charge in [0.25, 0.3) is 5.69 Å². The number of non-ortho nitro benzene ring substituents is 1. The molecule has 0 unspecified atom stereocenters. The van der Waals surface area contributed by atoms with Gasteiger partial charge in [0, 0.05) is 10.5 Å². The molecule has 9 nitrogen and oxygen atoms in total. The van der Waals surface area contributed by atoms with Crippen molar-refractivity contribution in [1.82, 2.24) is 0 Å². The number of halogens is 1. The monoisotopic (exact) mass is 470 g/mol. The van der Waals surface area contributed by atoms with Crippen molar-refractivity contribution in [2.75, 3.05) is 5.43 Å². The van der Waals surface area contributed by atoms with Crippen LogP contribution < -0.4 is 10.2 Å². The highest BCUT2D eigenvalue weighted by Gasteiger charge is 2.19. The minimum atomic E-state index is -0.707. The molecule has 3 rings (SSSR count). The highest BCUT2D eigenvalue weighted by molar-refractivity contribution is 9.10. The molecular formula is C20H15BrN4O5. The van der Waals surface area contributed by atoms with E-state index in [4.69, 9.17) is 4.74 Å². The van der Waals surface area contributed by atoms with Crippen LogP contribution in [0.5, 0.6) is 5.75 Å². The number of benzene rings is 3. The molecule has 0 saturated carbocycles. The third kappa shape index (κ3) is 5.61. The summed E-state index contributed by atoms with van der Waals surface area (Å²) >= 11 is 3.39. The first-order valence-corrected chi connectivity index (χ1v) is 9.41. The first-order valence-electron chi connectivity index (χ1n) is 8.61. The first-order chi connectivity index (χ1) is 14.4. The summed E-state index contributed by atoms with van der Waals surface area (Å²) in [6.45, 7) is 0.404. The maximum absolute atomic E-state index is 11.2. The fraction of sp³-hybridized carbons (Fsp3) is 0.0500. The highest BCUT2D eigenvalue weighted by atomic mass is 79.9. The van der Waals surface area contributed by atoms with Gasteiger partial charge in [-0.1, -0.05) is 40.2 Å². The van der Waals surface area contributed by atoms with Gasteiger partial charge in [-0.2, -0.15) is 5.10 Å². The SMILES string of the molecule is O=[N+]([O-])c1ccc(N/N=C\c2cccc(OCc3ccc(Br)cc3)c2)c([N+](=O)[O-])c1. The second-order valence-electron chi connectivity index (χ2n) is 6.07. The Hall–Kier alpha value is -3.79. The van der Waals surface area contributed by atoms with Crippen LogP contribution in [-0.4, -0.2) is 16.1 Å². The zero-order chi connectivity index (χ0) is 21.5. The van der Waals surface area contributed by atoms with Gasteiger partial charge in [-0.05, 0) is 41.5 Å². The highest BCUT2D eigenvalue weighted by Crippen LogP contribution is 2.28. The molecule has 1 N–H and O–H groups in total. The lowest BCUT2D eigenvalue weighted by Gasteiger charge is -2.07. The topological polar surface area (TPSA) is 120 Å². The number of hydrazone groups is 1. The Labute approximate surface area is 179 Å². The summed E-state index contributed by atoms with van der Waals surface area (Å²) in [4.78, 5) is 20.5. The van der Waals surface area contributed by atoms with Crippen LogP contribution in [0.4, 0.5) is 17.1 Å². The average molecular weight is 471 g/mol. The molecule has 0 spiro atoms. The molecule has 3 aromatic rings. The molecule has 0 atom stereocenters. The summed E-state index contributed by atoms with van der Waals surface area (Å²) in [5, 5.41) is 25.9. The molecule has 0 aliphatic heterocycles.